The largest absolute Gasteiger partial charge is 0.506 e. The van der Waals surface area contributed by atoms with Crippen molar-refractivity contribution >= 4 is 141 Å². The van der Waals surface area contributed by atoms with Gasteiger partial charge in [-0.2, -0.15) is 4.31 Å². The lowest BCUT2D eigenvalue weighted by Crippen LogP contribution is -2.32. The summed E-state index contributed by atoms with van der Waals surface area (Å²) in [6, 6.07) is 31.9. The van der Waals surface area contributed by atoms with E-state index in [4.69, 9.17) is 35.2 Å². The number of carboxylic acids is 1. The van der Waals surface area contributed by atoms with Crippen molar-refractivity contribution in [2.24, 2.45) is 5.73 Å². The van der Waals surface area contributed by atoms with Gasteiger partial charge in [-0.05, 0) is 156 Å². The number of carbonyl (C=O) groups is 1. The molecule has 0 fully saturated rings. The van der Waals surface area contributed by atoms with Crippen molar-refractivity contribution in [3.8, 4) is 17.2 Å². The fourth-order valence-electron chi connectivity index (χ4n) is 4.75. The highest BCUT2D eigenvalue weighted by atomic mass is 127. The number of nitrogens with two attached hydrogens (primary N) is 1. The average molecular weight is 1280 g/mol. The summed E-state index contributed by atoms with van der Waals surface area (Å²) in [5.74, 6) is 0.549. The minimum Gasteiger partial charge on any atom is -0.506 e. The third-order valence-electron chi connectivity index (χ3n) is 7.10. The maximum Gasteiger partial charge on any atom is 0.478 e. The van der Waals surface area contributed by atoms with E-state index in [1.165, 1.54) is 21.9 Å². The number of phenols is 1. The second-order valence-electron chi connectivity index (χ2n) is 11.6. The number of hydrogen-bond acceptors (Lipinski definition) is 8. The Morgan fingerprint density at radius 2 is 1.36 bits per heavy atom. The van der Waals surface area contributed by atoms with Crippen molar-refractivity contribution in [1.29, 1.82) is 0 Å². The topological polar surface area (TPSA) is 220 Å². The quantitative estimate of drug-likeness (QED) is 0.0458. The van der Waals surface area contributed by atoms with Gasteiger partial charge in [0.25, 0.3) is 0 Å². The van der Waals surface area contributed by atoms with Crippen LogP contribution in [0.2, 0.25) is 0 Å². The van der Waals surface area contributed by atoms with Crippen molar-refractivity contribution < 1.29 is 52.8 Å². The number of aromatic hydroxyl groups is 1. The van der Waals surface area contributed by atoms with E-state index in [1.807, 2.05) is 18.2 Å². The molecule has 56 heavy (non-hydrogen) atoms. The lowest BCUT2D eigenvalue weighted by molar-refractivity contribution is -0.138. The number of fused-ring (bicyclic) bond motifs is 1. The summed E-state index contributed by atoms with van der Waals surface area (Å²) in [4.78, 5) is 44.2. The van der Waals surface area contributed by atoms with Gasteiger partial charge in [0.15, 0.2) is 5.75 Å². The van der Waals surface area contributed by atoms with Gasteiger partial charge in [0.05, 0.1) is 14.3 Å². The number of phosphoric acid groups is 2. The first-order valence-corrected chi connectivity index (χ1v) is 23.1. The summed E-state index contributed by atoms with van der Waals surface area (Å²) in [6.07, 6.45) is 4.66. The molecule has 0 aliphatic heterocycles. The van der Waals surface area contributed by atoms with Crippen molar-refractivity contribution in [2.75, 3.05) is 13.6 Å². The molecule has 0 amide bonds. The molecule has 8 N–H and O–H groups in total. The molecular formula is C36H37ClI4N2O11P2. The molecular weight excluding hydrogens is 1240 g/mol. The van der Waals surface area contributed by atoms with Crippen LogP contribution in [0, 0.1) is 14.3 Å². The second kappa shape index (κ2) is 24.0. The zero-order chi connectivity index (χ0) is 40.9. The van der Waals surface area contributed by atoms with Gasteiger partial charge >= 0.3 is 21.6 Å². The van der Waals surface area contributed by atoms with E-state index >= 15 is 0 Å². The molecule has 0 bridgehead atoms. The van der Waals surface area contributed by atoms with Gasteiger partial charge in [0, 0.05) is 13.1 Å². The van der Waals surface area contributed by atoms with Crippen LogP contribution >= 0.6 is 118 Å². The molecule has 5 rings (SSSR count). The first-order valence-electron chi connectivity index (χ1n) is 15.7. The number of nitrogens with zero attached hydrogens (tertiary/aromatic N) is 1. The Bertz CT molecular complexity index is 2140. The number of aliphatic carboxylic acids is 1. The van der Waals surface area contributed by atoms with Crippen molar-refractivity contribution in [1.82, 2.24) is 4.90 Å². The van der Waals surface area contributed by atoms with Crippen LogP contribution in [0.1, 0.15) is 16.7 Å². The summed E-state index contributed by atoms with van der Waals surface area (Å²) >= 11 is 8.42. The van der Waals surface area contributed by atoms with E-state index in [0.717, 1.165) is 25.8 Å². The Balaban J connectivity index is 0.000000315. The van der Waals surface area contributed by atoms with E-state index in [0.29, 0.717) is 18.6 Å². The normalized spacial score (nSPS) is 11.9. The van der Waals surface area contributed by atoms with Crippen LogP contribution < -0.4 is 10.5 Å². The first-order chi connectivity index (χ1) is 25.7. The zero-order valence-electron chi connectivity index (χ0n) is 29.2. The van der Waals surface area contributed by atoms with Gasteiger partial charge in [0.1, 0.15) is 17.5 Å². The summed E-state index contributed by atoms with van der Waals surface area (Å²) in [5.41, 5.74) is 9.08. The van der Waals surface area contributed by atoms with Crippen LogP contribution in [0.25, 0.3) is 16.8 Å². The van der Waals surface area contributed by atoms with E-state index in [2.05, 4.69) is 186 Å². The summed E-state index contributed by atoms with van der Waals surface area (Å²) in [7, 11) is -7.94. The van der Waals surface area contributed by atoms with E-state index in [-0.39, 0.29) is 24.6 Å². The second-order valence-corrected chi connectivity index (χ2v) is 18.9. The third kappa shape index (κ3) is 18.2. The number of halogens is 5. The highest BCUT2D eigenvalue weighted by Gasteiger charge is 2.28. The predicted octanol–water partition coefficient (Wildman–Crippen LogP) is 9.15. The van der Waals surface area contributed by atoms with Gasteiger partial charge in [0.2, 0.25) is 0 Å². The van der Waals surface area contributed by atoms with E-state index < -0.39 is 27.7 Å². The molecule has 0 aliphatic carbocycles. The van der Waals surface area contributed by atoms with Gasteiger partial charge in [-0.25, -0.2) is 9.13 Å². The minimum atomic E-state index is -5.05. The van der Waals surface area contributed by atoms with Crippen LogP contribution in [0.3, 0.4) is 0 Å². The van der Waals surface area contributed by atoms with Gasteiger partial charge in [-0.15, -0.1) is 12.4 Å². The third-order valence-corrected chi connectivity index (χ3v) is 12.1. The van der Waals surface area contributed by atoms with E-state index in [1.54, 1.807) is 12.1 Å². The minimum absolute atomic E-state index is 0. The Morgan fingerprint density at radius 3 is 1.89 bits per heavy atom. The Kier molecular flexibility index (Phi) is 21.7. The average Bonchev–Trinajstić information content (AvgIpc) is 3.08. The monoisotopic (exact) mass is 1280 g/mol. The van der Waals surface area contributed by atoms with E-state index in [9.17, 15) is 19.0 Å². The highest BCUT2D eigenvalue weighted by Crippen LogP contribution is 2.53. The van der Waals surface area contributed by atoms with Gasteiger partial charge in [-0.3, -0.25) is 9.69 Å². The molecule has 0 spiro atoms. The number of ether oxygens (including phenoxy) is 1. The van der Waals surface area contributed by atoms with Crippen LogP contribution in [0.15, 0.2) is 103 Å². The Hall–Kier alpha value is -1.44. The fourth-order valence-corrected chi connectivity index (χ4v) is 9.68. The van der Waals surface area contributed by atoms with Gasteiger partial charge in [-0.1, -0.05) is 84.9 Å². The standard InChI is InChI=1S/C21H21N.C15H11I4NO4.ClH.H4O7P2/c1-22(16-8-11-18-9-3-2-4-10-18)17-20-14-7-13-19-12-5-6-15-21(19)20;16-8-4-7(5-9(17)13(8)21)24-14-10(18)1-6(2-11(14)19)3-12(20)15(22)23;;1-8(2,3)7-9(4,5)6/h2-15H,16-17H2,1H3;1-2,4-5,12,21H,3,20H2,(H,22,23);1H;(H2,1,2,3)(H2,4,5,6)/b11-8+;;;/t;12-;;/m.0../s1. The predicted molar refractivity (Wildman–Crippen MR) is 253 cm³/mol. The molecule has 0 saturated heterocycles. The van der Waals surface area contributed by atoms with Crippen LogP contribution in [0.5, 0.6) is 17.2 Å². The molecule has 5 aromatic carbocycles. The number of carboxylic acid groups (broad SMARTS) is 1. The molecule has 20 heteroatoms. The Labute approximate surface area is 384 Å². The molecule has 302 valence electrons. The number of likely N-dealkylation sites (N-methyl/N-ethyl adjacent to an activating group) is 1. The molecule has 0 heterocycles. The summed E-state index contributed by atoms with van der Waals surface area (Å²) in [6.45, 7) is 1.90. The lowest BCUT2D eigenvalue weighted by atomic mass is 10.0. The number of phenolic OH excluding ortho intramolecular Hbond substituents is 1. The van der Waals surface area contributed by atoms with Crippen LogP contribution in [-0.4, -0.2) is 60.3 Å². The first kappa shape index (κ1) is 50.7. The maximum atomic E-state index is 10.9. The smallest absolute Gasteiger partial charge is 0.478 e. The SMILES string of the molecule is CN(C/C=C/c1ccccc1)Cc1cccc2ccccc12.Cl.N[C@@H](Cc1cc(I)c(Oc2cc(I)c(O)c(I)c2)c(I)c1)C(=O)O.O=P(O)(O)OP(=O)(O)O. The van der Waals surface area contributed by atoms with Crippen molar-refractivity contribution in [2.45, 2.75) is 19.0 Å². The molecule has 0 aliphatic rings. The van der Waals surface area contributed by atoms with Gasteiger partial charge < -0.3 is 40.3 Å². The molecule has 0 aromatic heterocycles. The molecule has 0 saturated carbocycles. The number of benzene rings is 5. The molecule has 0 unspecified atom stereocenters. The molecule has 1 atom stereocenters. The Morgan fingerprint density at radius 1 is 0.821 bits per heavy atom. The lowest BCUT2D eigenvalue weighted by Gasteiger charge is -2.16. The highest BCUT2D eigenvalue weighted by molar-refractivity contribution is 14.1. The maximum absolute atomic E-state index is 10.9. The summed E-state index contributed by atoms with van der Waals surface area (Å²) < 4.78 is 31.3. The fraction of sp³-hybridized carbons (Fsp3) is 0.139. The molecule has 0 radical (unpaired) electrons. The molecule has 5 aromatic rings. The summed E-state index contributed by atoms with van der Waals surface area (Å²) in [5, 5.41) is 21.4. The van der Waals surface area contributed by atoms with Crippen molar-refractivity contribution in [3.05, 3.63) is 134 Å². The number of rotatable bonds is 12. The van der Waals surface area contributed by atoms with Crippen LogP contribution in [0.4, 0.5) is 0 Å². The van der Waals surface area contributed by atoms with Crippen molar-refractivity contribution in [3.63, 3.8) is 0 Å². The van der Waals surface area contributed by atoms with Crippen LogP contribution in [-0.2, 0) is 31.2 Å². The molecule has 13 nitrogen and oxygen atoms in total. The zero-order valence-corrected chi connectivity index (χ0v) is 40.4. The number of hydrogen-bond donors (Lipinski definition) is 7.